The molecule has 0 saturated heterocycles. The van der Waals surface area contributed by atoms with Gasteiger partial charge in [-0.05, 0) is 199 Å². The molecule has 8 heterocycles. The molecule has 0 aliphatic rings. The molecular formula is C80H52N8. The van der Waals surface area contributed by atoms with Crippen LogP contribution in [-0.2, 0) is 0 Å². The first-order valence-electron chi connectivity index (χ1n) is 29.2. The SMILES string of the molecule is c1ccc(-c2c3ccc(-c4ccc(-c5ccccn5)cn4)cc3c(-c3ccccc3)c3ccc(-c4ccc(-c5ccccn5)cn4)cc23)cc1.c1ccc(-c2ccc(-c3ccc4cc5cc(-c6ccc(-c7ccccn7)cn6)ccc5cc4c3)nc2)nc1. The van der Waals surface area contributed by atoms with Gasteiger partial charge >= 0.3 is 0 Å². The van der Waals surface area contributed by atoms with Crippen molar-refractivity contribution in [3.05, 3.63) is 316 Å². The maximum Gasteiger partial charge on any atom is 0.0717 e. The van der Waals surface area contributed by atoms with Crippen LogP contribution < -0.4 is 0 Å². The largest absolute Gasteiger partial charge is 0.256 e. The summed E-state index contributed by atoms with van der Waals surface area (Å²) >= 11 is 0. The lowest BCUT2D eigenvalue weighted by Gasteiger charge is -2.19. The van der Waals surface area contributed by atoms with Crippen molar-refractivity contribution in [3.8, 4) is 112 Å². The zero-order valence-corrected chi connectivity index (χ0v) is 47.6. The highest BCUT2D eigenvalue weighted by Gasteiger charge is 2.20. The molecule has 8 aromatic heterocycles. The third kappa shape index (κ3) is 10.7. The summed E-state index contributed by atoms with van der Waals surface area (Å²) in [6.07, 6.45) is 14.8. The number of fused-ring (bicyclic) bond motifs is 4. The summed E-state index contributed by atoms with van der Waals surface area (Å²) in [5.41, 5.74) is 20.5. The summed E-state index contributed by atoms with van der Waals surface area (Å²) in [7, 11) is 0. The van der Waals surface area contributed by atoms with Gasteiger partial charge < -0.3 is 0 Å². The molecule has 0 spiro atoms. The quantitative estimate of drug-likeness (QED) is 0.125. The van der Waals surface area contributed by atoms with E-state index >= 15 is 0 Å². The summed E-state index contributed by atoms with van der Waals surface area (Å²) in [4.78, 5) is 37.1. The van der Waals surface area contributed by atoms with Crippen LogP contribution in [0.2, 0.25) is 0 Å². The van der Waals surface area contributed by atoms with Gasteiger partial charge in [0.2, 0.25) is 0 Å². The van der Waals surface area contributed by atoms with Crippen molar-refractivity contribution in [1.82, 2.24) is 39.9 Å². The fourth-order valence-electron chi connectivity index (χ4n) is 11.7. The molecule has 0 fully saturated rings. The van der Waals surface area contributed by atoms with E-state index in [9.17, 15) is 0 Å². The van der Waals surface area contributed by atoms with Crippen LogP contribution in [0.3, 0.4) is 0 Å². The molecule has 16 rings (SSSR count). The van der Waals surface area contributed by atoms with E-state index < -0.39 is 0 Å². The second-order valence-electron chi connectivity index (χ2n) is 21.6. The van der Waals surface area contributed by atoms with Gasteiger partial charge in [0.15, 0.2) is 0 Å². The van der Waals surface area contributed by atoms with Gasteiger partial charge in [0.1, 0.15) is 0 Å². The number of pyridine rings is 8. The molecule has 0 atom stereocenters. The summed E-state index contributed by atoms with van der Waals surface area (Å²) in [6, 6.07) is 92.8. The van der Waals surface area contributed by atoms with Crippen LogP contribution >= 0.6 is 0 Å². The molecule has 0 amide bonds. The second-order valence-corrected chi connectivity index (χ2v) is 21.6. The van der Waals surface area contributed by atoms with Gasteiger partial charge in [0, 0.05) is 94.1 Å². The molecule has 0 saturated carbocycles. The minimum absolute atomic E-state index is 0.911. The van der Waals surface area contributed by atoms with Gasteiger partial charge in [-0.25, -0.2) is 0 Å². The van der Waals surface area contributed by atoms with Crippen molar-refractivity contribution in [2.24, 2.45) is 0 Å². The number of benzene rings is 8. The van der Waals surface area contributed by atoms with E-state index in [2.05, 4.69) is 214 Å². The van der Waals surface area contributed by atoms with Crippen LogP contribution in [0.25, 0.3) is 155 Å². The third-order valence-corrected chi connectivity index (χ3v) is 16.1. The summed E-state index contributed by atoms with van der Waals surface area (Å²) < 4.78 is 0. The lowest BCUT2D eigenvalue weighted by atomic mass is 9.84. The van der Waals surface area contributed by atoms with E-state index in [4.69, 9.17) is 19.9 Å². The highest BCUT2D eigenvalue weighted by molar-refractivity contribution is 6.22. The molecule has 8 aromatic carbocycles. The molecule has 0 aliphatic carbocycles. The van der Waals surface area contributed by atoms with Crippen molar-refractivity contribution in [3.63, 3.8) is 0 Å². The van der Waals surface area contributed by atoms with Crippen molar-refractivity contribution in [1.29, 1.82) is 0 Å². The Morgan fingerprint density at radius 2 is 0.443 bits per heavy atom. The Bertz CT molecular complexity index is 4790. The smallest absolute Gasteiger partial charge is 0.0717 e. The maximum absolute atomic E-state index is 4.90. The molecule has 16 aromatic rings. The van der Waals surface area contributed by atoms with Gasteiger partial charge in [-0.1, -0.05) is 133 Å². The van der Waals surface area contributed by atoms with E-state index in [1.54, 1.807) is 12.4 Å². The second kappa shape index (κ2) is 23.6. The van der Waals surface area contributed by atoms with Crippen molar-refractivity contribution in [2.75, 3.05) is 0 Å². The van der Waals surface area contributed by atoms with Gasteiger partial charge in [0.25, 0.3) is 0 Å². The molecule has 88 heavy (non-hydrogen) atoms. The average Bonchev–Trinajstić information content (AvgIpc) is 0.957. The molecule has 0 unspecified atom stereocenters. The highest BCUT2D eigenvalue weighted by Crippen LogP contribution is 2.46. The summed E-state index contributed by atoms with van der Waals surface area (Å²) in [6.45, 7) is 0. The monoisotopic (exact) mass is 1120 g/mol. The number of nitrogens with zero attached hydrogens (tertiary/aromatic N) is 8. The van der Waals surface area contributed by atoms with Gasteiger partial charge in [-0.3, -0.25) is 39.9 Å². The van der Waals surface area contributed by atoms with Crippen molar-refractivity contribution < 1.29 is 0 Å². The molecular weight excluding hydrogens is 1070 g/mol. The van der Waals surface area contributed by atoms with Crippen molar-refractivity contribution >= 4 is 43.1 Å². The standard InChI is InChI=1S/C46H30N4.C34H22N4/c1-3-11-31(12-4-1)45-37-21-17-34(44-24-20-36(30-50-44)42-16-8-10-26-48-42)28-40(37)46(32-13-5-2-6-14-32)38-22-18-33(27-39(38)45)43-23-19-35(29-49-43)41-15-7-9-25-47-41;1-3-15-35-31(5-1)27-11-13-33(37-21-27)25-9-7-23-18-30-20-26(10-8-24(30)17-29(23)19-25)34-14-12-28(22-38-34)32-6-2-4-16-36-32/h1-30H;1-22H. The van der Waals surface area contributed by atoms with Gasteiger partial charge in [0.05, 0.1) is 45.6 Å². The molecule has 8 nitrogen and oxygen atoms in total. The van der Waals surface area contributed by atoms with E-state index in [-0.39, 0.29) is 0 Å². The Hall–Kier alpha value is -12.0. The predicted molar refractivity (Wildman–Crippen MR) is 360 cm³/mol. The van der Waals surface area contributed by atoms with Crippen LogP contribution in [-0.4, -0.2) is 39.9 Å². The van der Waals surface area contributed by atoms with Crippen LogP contribution in [0.4, 0.5) is 0 Å². The number of aromatic nitrogens is 8. The van der Waals surface area contributed by atoms with Crippen LogP contribution in [0, 0.1) is 0 Å². The molecule has 0 N–H and O–H groups in total. The third-order valence-electron chi connectivity index (χ3n) is 16.1. The number of hydrogen-bond donors (Lipinski definition) is 0. The lowest BCUT2D eigenvalue weighted by Crippen LogP contribution is -1.93. The minimum atomic E-state index is 0.911. The zero-order valence-electron chi connectivity index (χ0n) is 47.6. The minimum Gasteiger partial charge on any atom is -0.256 e. The van der Waals surface area contributed by atoms with Crippen LogP contribution in [0.5, 0.6) is 0 Å². The summed E-state index contributed by atoms with van der Waals surface area (Å²) in [5, 5.41) is 9.51. The Morgan fingerprint density at radius 1 is 0.159 bits per heavy atom. The first-order valence-corrected chi connectivity index (χ1v) is 29.2. The maximum atomic E-state index is 4.90. The van der Waals surface area contributed by atoms with Gasteiger partial charge in [-0.15, -0.1) is 0 Å². The highest BCUT2D eigenvalue weighted by atomic mass is 14.7. The Morgan fingerprint density at radius 3 is 0.739 bits per heavy atom. The number of hydrogen-bond acceptors (Lipinski definition) is 8. The first kappa shape index (κ1) is 52.8. The Kier molecular flexibility index (Phi) is 14.1. The fraction of sp³-hybridized carbons (Fsp3) is 0. The van der Waals surface area contributed by atoms with Crippen molar-refractivity contribution in [2.45, 2.75) is 0 Å². The van der Waals surface area contributed by atoms with Crippen LogP contribution in [0.1, 0.15) is 0 Å². The zero-order chi connectivity index (χ0) is 58.6. The Labute approximate surface area is 509 Å². The molecule has 0 aliphatic heterocycles. The predicted octanol–water partition coefficient (Wildman–Crippen LogP) is 19.8. The normalized spacial score (nSPS) is 11.2. The average molecular weight is 1130 g/mol. The summed E-state index contributed by atoms with van der Waals surface area (Å²) in [5.74, 6) is 0. The lowest BCUT2D eigenvalue weighted by molar-refractivity contribution is 1.28. The van der Waals surface area contributed by atoms with E-state index in [0.717, 1.165) is 90.1 Å². The fourth-order valence-corrected chi connectivity index (χ4v) is 11.7. The van der Waals surface area contributed by atoms with Crippen LogP contribution in [0.15, 0.2) is 316 Å². The van der Waals surface area contributed by atoms with E-state index in [1.807, 2.05) is 110 Å². The first-order chi connectivity index (χ1) is 43.6. The Balaban J connectivity index is 0.000000153. The number of rotatable bonds is 10. The molecule has 8 heteroatoms. The van der Waals surface area contributed by atoms with Gasteiger partial charge in [-0.2, -0.15) is 0 Å². The molecule has 0 bridgehead atoms. The van der Waals surface area contributed by atoms with E-state index in [1.165, 1.54) is 65.3 Å². The molecule has 412 valence electrons. The topological polar surface area (TPSA) is 103 Å². The molecule has 0 radical (unpaired) electrons. The van der Waals surface area contributed by atoms with E-state index in [0.29, 0.717) is 0 Å².